The van der Waals surface area contributed by atoms with Gasteiger partial charge < -0.3 is 4.74 Å². The summed E-state index contributed by atoms with van der Waals surface area (Å²) in [4.78, 5) is 10.5. The molecule has 5 heteroatoms. The van der Waals surface area contributed by atoms with Crippen LogP contribution in [0.4, 0.5) is 0 Å². The van der Waals surface area contributed by atoms with Crippen LogP contribution < -0.4 is 5.73 Å². The number of rotatable bonds is 3. The van der Waals surface area contributed by atoms with Crippen molar-refractivity contribution in [2.45, 2.75) is 13.2 Å². The van der Waals surface area contributed by atoms with Gasteiger partial charge in [-0.25, -0.2) is 4.79 Å². The fraction of sp³-hybridized carbons (Fsp3) is 0.750. The zero-order valence-electron chi connectivity index (χ0n) is 5.03. The molecule has 0 bridgehead atoms. The van der Waals surface area contributed by atoms with Crippen LogP contribution in [0.1, 0.15) is 6.92 Å². The van der Waals surface area contributed by atoms with Crippen LogP contribution in [-0.2, 0) is 13.7 Å². The van der Waals surface area contributed by atoms with E-state index in [0.29, 0.717) is 6.61 Å². The van der Waals surface area contributed by atoms with E-state index in [0.717, 1.165) is 0 Å². The van der Waals surface area contributed by atoms with Crippen LogP contribution in [0.15, 0.2) is 0 Å². The van der Waals surface area contributed by atoms with Crippen LogP contribution in [0.2, 0.25) is 0 Å². The minimum Gasteiger partial charge on any atom is -0.463 e. The number of carbonyl (C=O) groups excluding carboxylic acids is 1. The lowest BCUT2D eigenvalue weighted by Gasteiger charge is -2.05. The van der Waals surface area contributed by atoms with Crippen molar-refractivity contribution in [2.75, 3.05) is 6.61 Å². The van der Waals surface area contributed by atoms with Crippen LogP contribution in [0.5, 0.6) is 0 Å². The van der Waals surface area contributed by atoms with Crippen LogP contribution >= 0.6 is 12.9 Å². The Morgan fingerprint density at radius 3 is 2.78 bits per heavy atom. The van der Waals surface area contributed by atoms with Crippen molar-refractivity contribution in [1.82, 2.24) is 0 Å². The number of thiol groups is 1. The molecule has 0 radical (unpaired) electrons. The van der Waals surface area contributed by atoms with Crippen molar-refractivity contribution >= 4 is 18.9 Å². The summed E-state index contributed by atoms with van der Waals surface area (Å²) >= 11 is 3.32. The molecule has 0 aliphatic heterocycles. The average Bonchev–Trinajstić information content (AvgIpc) is 1.87. The molecule has 0 amide bonds. The maximum Gasteiger partial charge on any atom is 0.351 e. The van der Waals surface area contributed by atoms with Crippen molar-refractivity contribution < 1.29 is 13.7 Å². The Bertz CT molecular complexity index is 97.8. The lowest BCUT2D eigenvalue weighted by Crippen LogP contribution is -2.32. The second-order valence-electron chi connectivity index (χ2n) is 1.28. The predicted octanol–water partition coefficient (Wildman–Crippen LogP) is -0.304. The topological polar surface area (TPSA) is 61.5 Å². The first-order valence-corrected chi connectivity index (χ1v) is 2.81. The Morgan fingerprint density at radius 1 is 1.89 bits per heavy atom. The summed E-state index contributed by atoms with van der Waals surface area (Å²) in [7, 11) is 0. The minimum absolute atomic E-state index is 0.295. The fourth-order valence-corrected chi connectivity index (χ4v) is 0.353. The summed E-state index contributed by atoms with van der Waals surface area (Å²) in [5.74, 6) is -0.604. The van der Waals surface area contributed by atoms with E-state index in [1.165, 1.54) is 0 Å². The highest BCUT2D eigenvalue weighted by Crippen LogP contribution is 1.89. The van der Waals surface area contributed by atoms with Gasteiger partial charge in [0, 0.05) is 0 Å². The molecule has 0 aromatic heterocycles. The van der Waals surface area contributed by atoms with Crippen LogP contribution in [0.3, 0.4) is 0 Å². The summed E-state index contributed by atoms with van der Waals surface area (Å²) in [6.07, 6.45) is -1.08. The van der Waals surface area contributed by atoms with Gasteiger partial charge in [-0.2, -0.15) is 0 Å². The van der Waals surface area contributed by atoms with Crippen LogP contribution in [-0.4, -0.2) is 18.8 Å². The second kappa shape index (κ2) is 4.60. The second-order valence-corrected chi connectivity index (χ2v) is 1.49. The first-order valence-electron chi connectivity index (χ1n) is 2.44. The quantitative estimate of drug-likeness (QED) is 0.251. The molecule has 1 atom stereocenters. The van der Waals surface area contributed by atoms with Gasteiger partial charge in [0.25, 0.3) is 0 Å². The summed E-state index contributed by atoms with van der Waals surface area (Å²) in [6.45, 7) is 1.98. The highest BCUT2D eigenvalue weighted by Gasteiger charge is 2.12. The van der Waals surface area contributed by atoms with E-state index in [2.05, 4.69) is 21.8 Å². The number of ether oxygens (including phenoxy) is 1. The van der Waals surface area contributed by atoms with Crippen LogP contribution in [0.25, 0.3) is 0 Å². The van der Waals surface area contributed by atoms with E-state index in [4.69, 9.17) is 5.73 Å². The molecule has 0 saturated heterocycles. The molecule has 0 aromatic rings. The van der Waals surface area contributed by atoms with Gasteiger partial charge >= 0.3 is 5.97 Å². The third kappa shape index (κ3) is 3.34. The van der Waals surface area contributed by atoms with E-state index >= 15 is 0 Å². The molecule has 1 unspecified atom stereocenters. The standard InChI is InChI=1S/C4H9NO3S/c1-2-7-4(6)3(5)8-9/h3,9H,2,5H2,1H3. The van der Waals surface area contributed by atoms with E-state index in [-0.39, 0.29) is 0 Å². The monoisotopic (exact) mass is 151 g/mol. The van der Waals surface area contributed by atoms with Crippen molar-refractivity contribution in [3.8, 4) is 0 Å². The van der Waals surface area contributed by atoms with Crippen molar-refractivity contribution in [3.63, 3.8) is 0 Å². The Hall–Kier alpha value is -0.260. The third-order valence-electron chi connectivity index (χ3n) is 0.632. The maximum atomic E-state index is 10.5. The molecular formula is C4H9NO3S. The summed E-state index contributed by atoms with van der Waals surface area (Å²) in [5.41, 5.74) is 5.03. The number of nitrogens with two attached hydrogens (primary N) is 1. The van der Waals surface area contributed by atoms with Gasteiger partial charge in [-0.1, -0.05) is 0 Å². The largest absolute Gasteiger partial charge is 0.463 e. The van der Waals surface area contributed by atoms with Gasteiger partial charge in [-0.15, -0.1) is 0 Å². The third-order valence-corrected chi connectivity index (χ3v) is 0.860. The Morgan fingerprint density at radius 2 is 2.44 bits per heavy atom. The van der Waals surface area contributed by atoms with E-state index in [1.807, 2.05) is 0 Å². The van der Waals surface area contributed by atoms with E-state index in [1.54, 1.807) is 6.92 Å². The SMILES string of the molecule is CCOC(=O)C(N)OS. The van der Waals surface area contributed by atoms with Gasteiger partial charge in [0.05, 0.1) is 6.61 Å². The van der Waals surface area contributed by atoms with E-state index < -0.39 is 12.2 Å². The molecule has 9 heavy (non-hydrogen) atoms. The highest BCUT2D eigenvalue weighted by molar-refractivity contribution is 7.75. The molecule has 54 valence electrons. The summed E-state index contributed by atoms with van der Waals surface area (Å²) in [6, 6.07) is 0. The fourth-order valence-electron chi connectivity index (χ4n) is 0.267. The lowest BCUT2D eigenvalue weighted by molar-refractivity contribution is -0.150. The van der Waals surface area contributed by atoms with Crippen molar-refractivity contribution in [3.05, 3.63) is 0 Å². The number of hydrogen-bond donors (Lipinski definition) is 2. The van der Waals surface area contributed by atoms with Gasteiger partial charge in [0.15, 0.2) is 0 Å². The van der Waals surface area contributed by atoms with Gasteiger partial charge in [-0.3, -0.25) is 9.92 Å². The Labute approximate surface area is 58.9 Å². The molecule has 0 rings (SSSR count). The average molecular weight is 151 g/mol. The normalized spacial score (nSPS) is 12.8. The number of hydrogen-bond acceptors (Lipinski definition) is 5. The number of carbonyl (C=O) groups is 1. The molecule has 0 saturated carbocycles. The first kappa shape index (κ1) is 8.74. The van der Waals surface area contributed by atoms with Crippen molar-refractivity contribution in [1.29, 1.82) is 0 Å². The Balaban J connectivity index is 3.46. The zero-order valence-corrected chi connectivity index (χ0v) is 5.93. The number of esters is 1. The first-order chi connectivity index (χ1) is 4.22. The lowest BCUT2D eigenvalue weighted by atomic mass is 10.6. The molecule has 0 heterocycles. The predicted molar refractivity (Wildman–Crippen MR) is 34.7 cm³/mol. The summed E-state index contributed by atoms with van der Waals surface area (Å²) in [5, 5.41) is 0. The molecular weight excluding hydrogens is 142 g/mol. The van der Waals surface area contributed by atoms with Crippen molar-refractivity contribution in [2.24, 2.45) is 5.73 Å². The van der Waals surface area contributed by atoms with E-state index in [9.17, 15) is 4.79 Å². The van der Waals surface area contributed by atoms with Crippen LogP contribution in [0, 0.1) is 0 Å². The molecule has 0 fully saturated rings. The smallest absolute Gasteiger partial charge is 0.351 e. The molecule has 0 spiro atoms. The molecule has 0 aliphatic rings. The van der Waals surface area contributed by atoms with Gasteiger partial charge in [0.2, 0.25) is 6.23 Å². The van der Waals surface area contributed by atoms with Gasteiger partial charge in [0.1, 0.15) is 0 Å². The Kier molecular flexibility index (Phi) is 4.47. The maximum absolute atomic E-state index is 10.5. The summed E-state index contributed by atoms with van der Waals surface area (Å²) < 4.78 is 8.62. The molecule has 0 aliphatic carbocycles. The highest BCUT2D eigenvalue weighted by atomic mass is 32.1. The molecule has 0 aromatic carbocycles. The molecule has 2 N–H and O–H groups in total. The molecule has 4 nitrogen and oxygen atoms in total. The minimum atomic E-state index is -1.08. The zero-order chi connectivity index (χ0) is 7.28. The van der Waals surface area contributed by atoms with Gasteiger partial charge in [-0.05, 0) is 19.8 Å².